The van der Waals surface area contributed by atoms with Crippen molar-refractivity contribution in [2.45, 2.75) is 39.7 Å². The standard InChI is InChI=1S/C17H20BrN3O3/c1-5-17(4,16(23)24)19-15(22)12-6-8-13(9-7-12)21-11(3)14(18)10(2)20-21/h6-9H,5H2,1-4H3,(H,19,22)(H,23,24). The average Bonchev–Trinajstić information content (AvgIpc) is 2.82. The first-order chi connectivity index (χ1) is 11.2. The van der Waals surface area contributed by atoms with Gasteiger partial charge in [-0.15, -0.1) is 0 Å². The molecule has 1 aromatic heterocycles. The molecule has 1 heterocycles. The molecule has 7 heteroatoms. The maximum atomic E-state index is 12.3. The van der Waals surface area contributed by atoms with Crippen LogP contribution in [-0.4, -0.2) is 32.3 Å². The maximum Gasteiger partial charge on any atom is 0.329 e. The van der Waals surface area contributed by atoms with Gasteiger partial charge in [0.2, 0.25) is 0 Å². The quantitative estimate of drug-likeness (QED) is 0.816. The Morgan fingerprint density at radius 2 is 1.88 bits per heavy atom. The molecule has 1 atom stereocenters. The Balaban J connectivity index is 2.24. The van der Waals surface area contributed by atoms with Crippen LogP contribution in [0.2, 0.25) is 0 Å². The van der Waals surface area contributed by atoms with Crippen LogP contribution < -0.4 is 5.32 Å². The number of aryl methyl sites for hydroxylation is 1. The highest BCUT2D eigenvalue weighted by Gasteiger charge is 2.33. The third-order valence-corrected chi connectivity index (χ3v) is 5.29. The summed E-state index contributed by atoms with van der Waals surface area (Å²) in [7, 11) is 0. The van der Waals surface area contributed by atoms with E-state index >= 15 is 0 Å². The highest BCUT2D eigenvalue weighted by Crippen LogP contribution is 2.23. The first-order valence-corrected chi connectivity index (χ1v) is 8.37. The third kappa shape index (κ3) is 3.36. The number of hydrogen-bond acceptors (Lipinski definition) is 3. The highest BCUT2D eigenvalue weighted by molar-refractivity contribution is 9.10. The van der Waals surface area contributed by atoms with E-state index in [4.69, 9.17) is 0 Å². The van der Waals surface area contributed by atoms with E-state index < -0.39 is 17.4 Å². The van der Waals surface area contributed by atoms with Crippen molar-refractivity contribution < 1.29 is 14.7 Å². The molecule has 6 nitrogen and oxygen atoms in total. The fourth-order valence-corrected chi connectivity index (χ4v) is 2.49. The normalized spacial score (nSPS) is 13.4. The lowest BCUT2D eigenvalue weighted by Crippen LogP contribution is -2.51. The van der Waals surface area contributed by atoms with Gasteiger partial charge in [0, 0.05) is 5.56 Å². The molecule has 0 spiro atoms. The summed E-state index contributed by atoms with van der Waals surface area (Å²) in [5, 5.41) is 16.3. The van der Waals surface area contributed by atoms with Gasteiger partial charge in [-0.1, -0.05) is 6.92 Å². The number of nitrogens with zero attached hydrogens (tertiary/aromatic N) is 2. The van der Waals surface area contributed by atoms with Crippen molar-refractivity contribution in [3.8, 4) is 5.69 Å². The van der Waals surface area contributed by atoms with Crippen molar-refractivity contribution in [2.24, 2.45) is 0 Å². The summed E-state index contributed by atoms with van der Waals surface area (Å²) >= 11 is 3.49. The second-order valence-electron chi connectivity index (χ2n) is 5.89. The van der Waals surface area contributed by atoms with Crippen molar-refractivity contribution in [2.75, 3.05) is 0 Å². The van der Waals surface area contributed by atoms with Gasteiger partial charge in [0.25, 0.3) is 5.91 Å². The number of carboxylic acids is 1. The van der Waals surface area contributed by atoms with Crippen molar-refractivity contribution in [1.29, 1.82) is 0 Å². The maximum absolute atomic E-state index is 12.3. The van der Waals surface area contributed by atoms with Crippen LogP contribution in [0, 0.1) is 13.8 Å². The van der Waals surface area contributed by atoms with E-state index in [9.17, 15) is 14.7 Å². The van der Waals surface area contributed by atoms with Crippen molar-refractivity contribution in [3.63, 3.8) is 0 Å². The molecule has 0 saturated carbocycles. The molecule has 0 aliphatic rings. The lowest BCUT2D eigenvalue weighted by Gasteiger charge is -2.24. The third-order valence-electron chi connectivity index (χ3n) is 4.15. The second-order valence-corrected chi connectivity index (χ2v) is 6.68. The number of carbonyl (C=O) groups excluding carboxylic acids is 1. The van der Waals surface area contributed by atoms with Gasteiger partial charge in [-0.05, 0) is 67.4 Å². The number of rotatable bonds is 5. The summed E-state index contributed by atoms with van der Waals surface area (Å²) in [5.41, 5.74) is 1.80. The SMILES string of the molecule is CCC(C)(NC(=O)c1ccc(-n2nc(C)c(Br)c2C)cc1)C(=O)O. The van der Waals surface area contributed by atoms with Crippen molar-refractivity contribution >= 4 is 27.8 Å². The number of benzene rings is 1. The number of hydrogen-bond donors (Lipinski definition) is 2. The van der Waals surface area contributed by atoms with Gasteiger partial charge in [-0.3, -0.25) is 4.79 Å². The van der Waals surface area contributed by atoms with Crippen LogP contribution in [0.4, 0.5) is 0 Å². The smallest absolute Gasteiger partial charge is 0.329 e. The number of aromatic nitrogens is 2. The Morgan fingerprint density at radius 3 is 2.29 bits per heavy atom. The second kappa shape index (κ2) is 6.76. The molecule has 2 aromatic rings. The van der Waals surface area contributed by atoms with Gasteiger partial charge in [-0.2, -0.15) is 5.10 Å². The topological polar surface area (TPSA) is 84.2 Å². The molecule has 1 aromatic carbocycles. The van der Waals surface area contributed by atoms with E-state index in [1.807, 2.05) is 13.8 Å². The van der Waals surface area contributed by atoms with Gasteiger partial charge in [0.1, 0.15) is 5.54 Å². The number of carbonyl (C=O) groups is 2. The first kappa shape index (κ1) is 18.2. The Morgan fingerprint density at radius 1 is 1.29 bits per heavy atom. The molecule has 2 N–H and O–H groups in total. The summed E-state index contributed by atoms with van der Waals surface area (Å²) < 4.78 is 2.73. The van der Waals surface area contributed by atoms with Crippen LogP contribution in [-0.2, 0) is 4.79 Å². The lowest BCUT2D eigenvalue weighted by molar-refractivity contribution is -0.143. The van der Waals surface area contributed by atoms with Crippen LogP contribution in [0.3, 0.4) is 0 Å². The highest BCUT2D eigenvalue weighted by atomic mass is 79.9. The van der Waals surface area contributed by atoms with Gasteiger partial charge in [-0.25, -0.2) is 9.48 Å². The van der Waals surface area contributed by atoms with Gasteiger partial charge >= 0.3 is 5.97 Å². The number of halogens is 1. The van der Waals surface area contributed by atoms with Crippen LogP contribution in [0.1, 0.15) is 42.0 Å². The van der Waals surface area contributed by atoms with E-state index in [1.54, 1.807) is 35.9 Å². The summed E-state index contributed by atoms with van der Waals surface area (Å²) in [6.07, 6.45) is 0.298. The van der Waals surface area contributed by atoms with Gasteiger partial charge in [0.05, 0.1) is 21.5 Å². The lowest BCUT2D eigenvalue weighted by atomic mass is 9.98. The molecule has 1 amide bonds. The van der Waals surface area contributed by atoms with Crippen LogP contribution in [0.25, 0.3) is 5.69 Å². The zero-order valence-corrected chi connectivity index (χ0v) is 15.6. The molecule has 0 fully saturated rings. The average molecular weight is 394 g/mol. The van der Waals surface area contributed by atoms with Crippen LogP contribution in [0.15, 0.2) is 28.7 Å². The summed E-state index contributed by atoms with van der Waals surface area (Å²) in [6, 6.07) is 6.88. The molecule has 0 saturated heterocycles. The number of carboxylic acid groups (broad SMARTS) is 1. The summed E-state index contributed by atoms with van der Waals surface area (Å²) in [5.74, 6) is -1.47. The zero-order chi connectivity index (χ0) is 18.1. The minimum atomic E-state index is -1.28. The molecule has 128 valence electrons. The van der Waals surface area contributed by atoms with E-state index in [-0.39, 0.29) is 0 Å². The molecule has 0 bridgehead atoms. The van der Waals surface area contributed by atoms with Crippen LogP contribution >= 0.6 is 15.9 Å². The Kier molecular flexibility index (Phi) is 5.13. The van der Waals surface area contributed by atoms with E-state index in [1.165, 1.54) is 6.92 Å². The summed E-state index contributed by atoms with van der Waals surface area (Å²) in [6.45, 7) is 7.07. The fraction of sp³-hybridized carbons (Fsp3) is 0.353. The minimum Gasteiger partial charge on any atom is -0.480 e. The first-order valence-electron chi connectivity index (χ1n) is 7.57. The fourth-order valence-electron chi connectivity index (χ4n) is 2.24. The molecule has 1 unspecified atom stereocenters. The molecule has 0 aliphatic heterocycles. The zero-order valence-electron chi connectivity index (χ0n) is 14.1. The van der Waals surface area contributed by atoms with Crippen LogP contribution in [0.5, 0.6) is 0 Å². The number of amides is 1. The predicted octanol–water partition coefficient (Wildman–Crippen LogP) is 3.23. The largest absolute Gasteiger partial charge is 0.480 e. The number of aliphatic carboxylic acids is 1. The molecule has 2 rings (SSSR count). The summed E-state index contributed by atoms with van der Waals surface area (Å²) in [4.78, 5) is 23.6. The monoisotopic (exact) mass is 393 g/mol. The predicted molar refractivity (Wildman–Crippen MR) is 94.5 cm³/mol. The Hall–Kier alpha value is -2.15. The Labute approximate surface area is 149 Å². The van der Waals surface area contributed by atoms with E-state index in [0.29, 0.717) is 12.0 Å². The minimum absolute atomic E-state index is 0.298. The molecular weight excluding hydrogens is 374 g/mol. The molecule has 0 aliphatic carbocycles. The molecule has 0 radical (unpaired) electrons. The van der Waals surface area contributed by atoms with Crippen molar-refractivity contribution in [3.05, 3.63) is 45.7 Å². The Bertz CT molecular complexity index is 783. The van der Waals surface area contributed by atoms with E-state index in [2.05, 4.69) is 26.3 Å². The molecular formula is C17H20BrN3O3. The van der Waals surface area contributed by atoms with E-state index in [0.717, 1.165) is 21.5 Å². The molecule has 24 heavy (non-hydrogen) atoms. The number of nitrogens with one attached hydrogen (secondary N) is 1. The van der Waals surface area contributed by atoms with Gasteiger partial charge in [0.15, 0.2) is 0 Å². The van der Waals surface area contributed by atoms with Gasteiger partial charge < -0.3 is 10.4 Å². The van der Waals surface area contributed by atoms with Crippen molar-refractivity contribution in [1.82, 2.24) is 15.1 Å².